The van der Waals surface area contributed by atoms with Crippen molar-refractivity contribution >= 4 is 62.9 Å². The first-order chi connectivity index (χ1) is 14.4. The molecule has 0 aromatic heterocycles. The van der Waals surface area contributed by atoms with Crippen molar-refractivity contribution in [3.63, 3.8) is 0 Å². The SMILES string of the molecule is CCOC(=O)c1cc(C(=O)OCC)cc(S(=O)(=O)Oc2cc[c]([Na])cc2S(=O)(=O)O)c1. The van der Waals surface area contributed by atoms with Crippen LogP contribution in [0.5, 0.6) is 5.75 Å². The molecule has 0 bridgehead atoms. The third-order valence-electron chi connectivity index (χ3n) is 3.79. The normalized spacial score (nSPS) is 11.6. The minimum atomic E-state index is -4.78. The van der Waals surface area contributed by atoms with Crippen LogP contribution in [0.25, 0.3) is 0 Å². The van der Waals surface area contributed by atoms with Crippen molar-refractivity contribution in [3.8, 4) is 5.75 Å². The van der Waals surface area contributed by atoms with Crippen LogP contribution in [-0.2, 0) is 29.7 Å². The molecule has 162 valence electrons. The molecule has 0 unspecified atom stereocenters. The Labute approximate surface area is 196 Å². The van der Waals surface area contributed by atoms with E-state index in [-0.39, 0.29) is 24.3 Å². The number of carbonyl (C=O) groups excluding carboxylic acids is 2. The quantitative estimate of drug-likeness (QED) is 0.249. The molecule has 0 aliphatic heterocycles. The molecule has 2 aromatic carbocycles. The Bertz CT molecular complexity index is 1180. The van der Waals surface area contributed by atoms with E-state index in [1.54, 1.807) is 13.8 Å². The van der Waals surface area contributed by atoms with Crippen molar-refractivity contribution in [2.24, 2.45) is 0 Å². The first-order valence-corrected chi connectivity index (χ1v) is 12.8. The molecule has 2 aromatic rings. The summed E-state index contributed by atoms with van der Waals surface area (Å²) in [4.78, 5) is 22.9. The summed E-state index contributed by atoms with van der Waals surface area (Å²) in [6.07, 6.45) is 0. The van der Waals surface area contributed by atoms with Crippen molar-refractivity contribution in [3.05, 3.63) is 47.5 Å². The molecule has 2 rings (SSSR count). The molecule has 0 aliphatic rings. The van der Waals surface area contributed by atoms with Gasteiger partial charge in [0.2, 0.25) is 0 Å². The van der Waals surface area contributed by atoms with Crippen molar-refractivity contribution in [2.75, 3.05) is 13.2 Å². The van der Waals surface area contributed by atoms with Crippen LogP contribution in [-0.4, -0.2) is 74.5 Å². The Kier molecular flexibility index (Phi) is 8.25. The molecule has 1 N–H and O–H groups in total. The summed E-state index contributed by atoms with van der Waals surface area (Å²) in [7, 11) is -9.51. The summed E-state index contributed by atoms with van der Waals surface area (Å²) in [5.74, 6) is -2.41. The molecule has 0 saturated heterocycles. The van der Waals surface area contributed by atoms with Crippen molar-refractivity contribution in [1.29, 1.82) is 0 Å². The summed E-state index contributed by atoms with van der Waals surface area (Å²) in [6, 6.07) is 6.56. The van der Waals surface area contributed by atoms with E-state index in [1.165, 1.54) is 6.07 Å². The second kappa shape index (κ2) is 10.1. The van der Waals surface area contributed by atoms with Crippen LogP contribution in [0.15, 0.2) is 46.2 Å². The Morgan fingerprint density at radius 1 is 0.903 bits per heavy atom. The standard InChI is InChI=1S/C18H17O10S2.Na/c1-3-26-17(19)12-9-13(18(20)27-4-2)11-14(10-12)30(24,25)28-15-7-5-6-8-16(15)29(21,22)23;/h5,7-11H,3-4H2,1-2H3,(H,21,22,23);. The number of carbonyl (C=O) groups is 2. The van der Waals surface area contributed by atoms with Crippen molar-refractivity contribution < 1.29 is 44.6 Å². The van der Waals surface area contributed by atoms with Crippen LogP contribution in [0.4, 0.5) is 0 Å². The second-order valence-corrected chi connectivity index (χ2v) is 10.2. The number of hydrogen-bond acceptors (Lipinski definition) is 9. The summed E-state index contributed by atoms with van der Waals surface area (Å²) >= 11 is 0.432. The van der Waals surface area contributed by atoms with Gasteiger partial charge in [-0.3, -0.25) is 0 Å². The zero-order chi connectivity index (χ0) is 23.4. The van der Waals surface area contributed by atoms with E-state index in [4.69, 9.17) is 13.7 Å². The summed E-state index contributed by atoms with van der Waals surface area (Å²) in [6.45, 7) is 3.10. The maximum atomic E-state index is 12.8. The van der Waals surface area contributed by atoms with E-state index in [0.717, 1.165) is 30.3 Å². The van der Waals surface area contributed by atoms with Gasteiger partial charge in [-0.25, -0.2) is 0 Å². The summed E-state index contributed by atoms with van der Waals surface area (Å²) in [5.41, 5.74) is -0.501. The number of esters is 2. The molecule has 0 atom stereocenters. The fourth-order valence-electron chi connectivity index (χ4n) is 2.46. The third-order valence-corrected chi connectivity index (χ3v) is 6.50. The van der Waals surface area contributed by atoms with Gasteiger partial charge in [0, 0.05) is 0 Å². The van der Waals surface area contributed by atoms with Gasteiger partial charge in [0.1, 0.15) is 0 Å². The molecule has 0 amide bonds. The van der Waals surface area contributed by atoms with Gasteiger partial charge in [-0.15, -0.1) is 0 Å². The zero-order valence-corrected chi connectivity index (χ0v) is 20.4. The van der Waals surface area contributed by atoms with Gasteiger partial charge >= 0.3 is 184 Å². The van der Waals surface area contributed by atoms with E-state index < -0.39 is 47.7 Å². The predicted octanol–water partition coefficient (Wildman–Crippen LogP) is 0.848. The van der Waals surface area contributed by atoms with Crippen LogP contribution < -0.4 is 7.00 Å². The molecule has 0 spiro atoms. The van der Waals surface area contributed by atoms with Gasteiger partial charge in [-0.1, -0.05) is 0 Å². The van der Waals surface area contributed by atoms with Crippen molar-refractivity contribution in [2.45, 2.75) is 23.6 Å². The van der Waals surface area contributed by atoms with E-state index in [1.807, 2.05) is 0 Å². The monoisotopic (exact) mass is 480 g/mol. The Morgan fingerprint density at radius 3 is 1.87 bits per heavy atom. The molecule has 10 nitrogen and oxygen atoms in total. The molecule has 0 aliphatic carbocycles. The first-order valence-electron chi connectivity index (χ1n) is 8.91. The van der Waals surface area contributed by atoms with E-state index in [0.29, 0.717) is 30.7 Å². The van der Waals surface area contributed by atoms with Gasteiger partial charge < -0.3 is 0 Å². The maximum absolute atomic E-state index is 12.8. The van der Waals surface area contributed by atoms with Crippen LogP contribution in [0, 0.1) is 0 Å². The summed E-state index contributed by atoms with van der Waals surface area (Å²) in [5, 5.41) is 0. The van der Waals surface area contributed by atoms with Crippen LogP contribution in [0.1, 0.15) is 34.6 Å². The van der Waals surface area contributed by atoms with E-state index >= 15 is 0 Å². The Balaban J connectivity index is 2.61. The average Bonchev–Trinajstić information content (AvgIpc) is 2.68. The van der Waals surface area contributed by atoms with E-state index in [9.17, 15) is 31.0 Å². The molecular weight excluding hydrogens is 463 g/mol. The molecular formula is C18H17NaO10S2. The van der Waals surface area contributed by atoms with Crippen LogP contribution in [0.2, 0.25) is 0 Å². The van der Waals surface area contributed by atoms with Gasteiger partial charge in [0.25, 0.3) is 0 Å². The molecule has 13 heteroatoms. The fourth-order valence-corrected chi connectivity index (χ4v) is 4.90. The average molecular weight is 480 g/mol. The number of ether oxygens (including phenoxy) is 2. The number of hydrogen-bond donors (Lipinski definition) is 1. The predicted molar refractivity (Wildman–Crippen MR) is 108 cm³/mol. The Hall–Kier alpha value is -1.96. The molecule has 31 heavy (non-hydrogen) atoms. The first kappa shape index (κ1) is 25.3. The van der Waals surface area contributed by atoms with E-state index in [2.05, 4.69) is 0 Å². The van der Waals surface area contributed by atoms with Crippen LogP contribution in [0.3, 0.4) is 0 Å². The zero-order valence-electron chi connectivity index (χ0n) is 16.8. The van der Waals surface area contributed by atoms with Gasteiger partial charge in [0.15, 0.2) is 0 Å². The second-order valence-electron chi connectivity index (χ2n) is 6.15. The van der Waals surface area contributed by atoms with Gasteiger partial charge in [-0.05, 0) is 13.8 Å². The topological polar surface area (TPSA) is 150 Å². The van der Waals surface area contributed by atoms with Crippen molar-refractivity contribution in [1.82, 2.24) is 0 Å². The van der Waals surface area contributed by atoms with Gasteiger partial charge in [-0.2, -0.15) is 0 Å². The molecule has 0 heterocycles. The molecule has 0 radical (unpaired) electrons. The molecule has 0 saturated carbocycles. The van der Waals surface area contributed by atoms with Gasteiger partial charge in [0.05, 0.1) is 0 Å². The van der Waals surface area contributed by atoms with Crippen LogP contribution >= 0.6 is 0 Å². The minimum absolute atomic E-state index is 0.00541. The number of rotatable bonds is 8. The summed E-state index contributed by atoms with van der Waals surface area (Å²) < 4.78 is 73.5. The molecule has 0 fully saturated rings. The third kappa shape index (κ3) is 6.51. The fraction of sp³-hybridized carbons (Fsp3) is 0.222. The number of benzene rings is 2. The Morgan fingerprint density at radius 2 is 1.42 bits per heavy atom.